The smallest absolute Gasteiger partial charge is 0.310 e. The summed E-state index contributed by atoms with van der Waals surface area (Å²) in [5.41, 5.74) is -0.208. The van der Waals surface area contributed by atoms with E-state index in [-0.39, 0.29) is 12.1 Å². The monoisotopic (exact) mass is 290 g/mol. The quantitative estimate of drug-likeness (QED) is 0.575. The van der Waals surface area contributed by atoms with Crippen molar-refractivity contribution in [1.29, 1.82) is 0 Å². The lowest BCUT2D eigenvalue weighted by atomic mass is 10.4. The molecular formula is C10H18N4O4S. The molecule has 19 heavy (non-hydrogen) atoms. The summed E-state index contributed by atoms with van der Waals surface area (Å²) in [7, 11) is -0.203. The number of nitrogens with one attached hydrogen (secondary N) is 2. The van der Waals surface area contributed by atoms with Crippen molar-refractivity contribution >= 4 is 10.0 Å². The van der Waals surface area contributed by atoms with Gasteiger partial charge in [-0.2, -0.15) is 0 Å². The lowest BCUT2D eigenvalue weighted by molar-refractivity contribution is 0.574. The molecule has 0 aliphatic carbocycles. The Morgan fingerprint density at radius 1 is 1.16 bits per heavy atom. The first-order valence-corrected chi connectivity index (χ1v) is 7.53. The molecule has 0 saturated heterocycles. The van der Waals surface area contributed by atoms with E-state index in [1.165, 1.54) is 17.7 Å². The van der Waals surface area contributed by atoms with Gasteiger partial charge in [0.25, 0.3) is 5.56 Å². The van der Waals surface area contributed by atoms with Gasteiger partial charge in [-0.1, -0.05) is 0 Å². The van der Waals surface area contributed by atoms with Gasteiger partial charge < -0.3 is 5.32 Å². The van der Waals surface area contributed by atoms with Gasteiger partial charge in [-0.15, -0.1) is 0 Å². The van der Waals surface area contributed by atoms with Crippen LogP contribution in [-0.4, -0.2) is 36.9 Å². The number of rotatable bonds is 6. The van der Waals surface area contributed by atoms with Crippen molar-refractivity contribution < 1.29 is 8.42 Å². The summed E-state index contributed by atoms with van der Waals surface area (Å²) < 4.78 is 26.4. The van der Waals surface area contributed by atoms with E-state index < -0.39 is 15.7 Å². The maximum atomic E-state index is 11.6. The summed E-state index contributed by atoms with van der Waals surface area (Å²) in [6.07, 6.45) is 1.08. The van der Waals surface area contributed by atoms with Gasteiger partial charge in [-0.25, -0.2) is 17.9 Å². The van der Waals surface area contributed by atoms with Crippen molar-refractivity contribution in [2.24, 2.45) is 14.1 Å². The number of hydrogen-bond donors (Lipinski definition) is 2. The van der Waals surface area contributed by atoms with Crippen LogP contribution < -0.4 is 21.3 Å². The molecule has 0 atom stereocenters. The van der Waals surface area contributed by atoms with Crippen LogP contribution in [0.3, 0.4) is 0 Å². The molecule has 0 amide bonds. The highest BCUT2D eigenvalue weighted by atomic mass is 32.2. The average Bonchev–Trinajstić information content (AvgIpc) is 2.31. The van der Waals surface area contributed by atoms with Gasteiger partial charge in [0.1, 0.15) is 0 Å². The Labute approximate surface area is 111 Å². The van der Waals surface area contributed by atoms with Gasteiger partial charge in [-0.05, 0) is 0 Å². The first kappa shape index (κ1) is 15.6. The molecule has 1 aromatic rings. The third kappa shape index (κ3) is 4.62. The van der Waals surface area contributed by atoms with Crippen LogP contribution in [0.5, 0.6) is 0 Å². The van der Waals surface area contributed by atoms with E-state index in [1.54, 1.807) is 7.05 Å². The van der Waals surface area contributed by atoms with E-state index in [9.17, 15) is 18.0 Å². The molecular weight excluding hydrogens is 272 g/mol. The zero-order valence-corrected chi connectivity index (χ0v) is 12.0. The second kappa shape index (κ2) is 6.13. The Balaban J connectivity index is 2.60. The molecule has 1 aromatic heterocycles. The SMILES string of the molecule is Cn1c(CNCCNS(C)(=O)=O)cc(=O)n(C)c1=O. The Kier molecular flexibility index (Phi) is 5.04. The third-order valence-corrected chi connectivity index (χ3v) is 3.33. The molecule has 108 valence electrons. The predicted molar refractivity (Wildman–Crippen MR) is 71.5 cm³/mol. The third-order valence-electron chi connectivity index (χ3n) is 2.60. The second-order valence-corrected chi connectivity index (χ2v) is 6.05. The predicted octanol–water partition coefficient (Wildman–Crippen LogP) is -2.28. The molecule has 0 unspecified atom stereocenters. The zero-order chi connectivity index (χ0) is 14.6. The molecule has 2 N–H and O–H groups in total. The van der Waals surface area contributed by atoms with Crippen molar-refractivity contribution in [3.63, 3.8) is 0 Å². The van der Waals surface area contributed by atoms with Crippen LogP contribution in [0.2, 0.25) is 0 Å². The van der Waals surface area contributed by atoms with Gasteiger partial charge in [0.2, 0.25) is 10.0 Å². The molecule has 8 nitrogen and oxygen atoms in total. The van der Waals surface area contributed by atoms with Gasteiger partial charge in [0.05, 0.1) is 6.26 Å². The van der Waals surface area contributed by atoms with E-state index in [1.807, 2.05) is 0 Å². The summed E-state index contributed by atoms with van der Waals surface area (Å²) in [5.74, 6) is 0. The lowest BCUT2D eigenvalue weighted by Gasteiger charge is -2.10. The molecule has 0 aromatic carbocycles. The van der Waals surface area contributed by atoms with Crippen LogP contribution in [-0.2, 0) is 30.7 Å². The fourth-order valence-electron chi connectivity index (χ4n) is 1.49. The topological polar surface area (TPSA) is 102 Å². The minimum atomic E-state index is -3.19. The van der Waals surface area contributed by atoms with Gasteiger partial charge in [0.15, 0.2) is 0 Å². The van der Waals surface area contributed by atoms with Crippen LogP contribution in [0.15, 0.2) is 15.7 Å². The molecule has 1 heterocycles. The average molecular weight is 290 g/mol. The Morgan fingerprint density at radius 2 is 1.79 bits per heavy atom. The highest BCUT2D eigenvalue weighted by Crippen LogP contribution is 1.89. The Hall–Kier alpha value is -1.45. The number of sulfonamides is 1. The molecule has 0 radical (unpaired) electrons. The van der Waals surface area contributed by atoms with Crippen LogP contribution in [0.4, 0.5) is 0 Å². The van der Waals surface area contributed by atoms with Crippen molar-refractivity contribution in [1.82, 2.24) is 19.2 Å². The Bertz CT molecular complexity index is 659. The molecule has 1 rings (SSSR count). The minimum Gasteiger partial charge on any atom is -0.310 e. The number of aromatic nitrogens is 2. The summed E-state index contributed by atoms with van der Waals surface area (Å²) in [6.45, 7) is 0.960. The largest absolute Gasteiger partial charge is 0.330 e. The van der Waals surface area contributed by atoms with Crippen LogP contribution in [0.25, 0.3) is 0 Å². The van der Waals surface area contributed by atoms with Crippen molar-refractivity contribution in [3.8, 4) is 0 Å². The van der Waals surface area contributed by atoms with Crippen molar-refractivity contribution in [2.45, 2.75) is 6.54 Å². The second-order valence-electron chi connectivity index (χ2n) is 4.22. The molecule has 0 aliphatic rings. The van der Waals surface area contributed by atoms with Crippen molar-refractivity contribution in [2.75, 3.05) is 19.3 Å². The van der Waals surface area contributed by atoms with E-state index in [0.717, 1.165) is 10.8 Å². The van der Waals surface area contributed by atoms with Crippen LogP contribution in [0, 0.1) is 0 Å². The molecule has 0 bridgehead atoms. The zero-order valence-electron chi connectivity index (χ0n) is 11.1. The maximum Gasteiger partial charge on any atom is 0.330 e. The van der Waals surface area contributed by atoms with E-state index in [4.69, 9.17) is 0 Å². The van der Waals surface area contributed by atoms with Gasteiger partial charge in [-0.3, -0.25) is 13.9 Å². The number of nitrogens with zero attached hydrogens (tertiary/aromatic N) is 2. The molecule has 0 fully saturated rings. The van der Waals surface area contributed by atoms with E-state index in [2.05, 4.69) is 10.0 Å². The van der Waals surface area contributed by atoms with Gasteiger partial charge in [0, 0.05) is 45.5 Å². The van der Waals surface area contributed by atoms with E-state index in [0.29, 0.717) is 18.8 Å². The fourth-order valence-corrected chi connectivity index (χ4v) is 1.96. The van der Waals surface area contributed by atoms with Crippen LogP contribution in [0.1, 0.15) is 5.69 Å². The first-order chi connectivity index (χ1) is 8.72. The van der Waals surface area contributed by atoms with Crippen LogP contribution >= 0.6 is 0 Å². The highest BCUT2D eigenvalue weighted by Gasteiger charge is 2.05. The molecule has 0 spiro atoms. The summed E-state index contributed by atoms with van der Waals surface area (Å²) in [4.78, 5) is 23.1. The maximum absolute atomic E-state index is 11.6. The lowest BCUT2D eigenvalue weighted by Crippen LogP contribution is -2.39. The summed E-state index contributed by atoms with van der Waals surface area (Å²) >= 11 is 0. The fraction of sp³-hybridized carbons (Fsp3) is 0.600. The normalized spacial score (nSPS) is 11.7. The van der Waals surface area contributed by atoms with Crippen molar-refractivity contribution in [3.05, 3.63) is 32.6 Å². The minimum absolute atomic E-state index is 0.248. The molecule has 0 saturated carbocycles. The highest BCUT2D eigenvalue weighted by molar-refractivity contribution is 7.88. The number of hydrogen-bond acceptors (Lipinski definition) is 5. The summed E-state index contributed by atoms with van der Waals surface area (Å²) in [6, 6.07) is 1.37. The molecule has 0 aliphatic heterocycles. The first-order valence-electron chi connectivity index (χ1n) is 5.63. The Morgan fingerprint density at radius 3 is 2.37 bits per heavy atom. The van der Waals surface area contributed by atoms with Gasteiger partial charge >= 0.3 is 5.69 Å². The molecule has 9 heteroatoms. The van der Waals surface area contributed by atoms with E-state index >= 15 is 0 Å². The standard InChI is InChI=1S/C10H18N4O4S/c1-13-8(6-9(15)14(2)10(13)16)7-11-4-5-12-19(3,17)18/h6,11-12H,4-5,7H2,1-3H3. The summed E-state index contributed by atoms with van der Waals surface area (Å²) in [5, 5.41) is 2.95.